The highest BCUT2D eigenvalue weighted by atomic mass is 35.5. The number of non-ortho nitro benzene ring substituents is 1. The Labute approximate surface area is 150 Å². The lowest BCUT2D eigenvalue weighted by Crippen LogP contribution is -2.06. The number of hydrogen-bond donors (Lipinski definition) is 1. The number of pyridine rings is 1. The van der Waals surface area contributed by atoms with Gasteiger partial charge in [0.25, 0.3) is 5.69 Å². The van der Waals surface area contributed by atoms with E-state index in [0.717, 1.165) is 35.0 Å². The van der Waals surface area contributed by atoms with Gasteiger partial charge in [0.2, 0.25) is 0 Å². The average Bonchev–Trinajstić information content (AvgIpc) is 2.61. The Hall–Kier alpha value is -2.66. The van der Waals surface area contributed by atoms with E-state index in [1.807, 2.05) is 18.2 Å². The monoisotopic (exact) mass is 355 g/mol. The zero-order valence-electron chi connectivity index (χ0n) is 13.8. The molecule has 128 valence electrons. The predicted octanol–water partition coefficient (Wildman–Crippen LogP) is 5.01. The van der Waals surface area contributed by atoms with Gasteiger partial charge < -0.3 is 5.32 Å². The highest BCUT2D eigenvalue weighted by Crippen LogP contribution is 2.28. The van der Waals surface area contributed by atoms with E-state index in [4.69, 9.17) is 11.6 Å². The molecule has 0 bridgehead atoms. The fraction of sp³-hybridized carbons (Fsp3) is 0.211. The van der Waals surface area contributed by atoms with Crippen LogP contribution in [0.3, 0.4) is 0 Å². The Morgan fingerprint density at radius 2 is 1.96 bits per heavy atom. The number of nitrogens with one attached hydrogen (secondary N) is 1. The Balaban J connectivity index is 1.76. The summed E-state index contributed by atoms with van der Waals surface area (Å²) in [6, 6.07) is 14.6. The molecule has 1 aromatic heterocycles. The van der Waals surface area contributed by atoms with Gasteiger partial charge in [-0.3, -0.25) is 10.1 Å². The number of para-hydroxylation sites is 1. The van der Waals surface area contributed by atoms with Crippen molar-refractivity contribution in [1.82, 2.24) is 4.98 Å². The van der Waals surface area contributed by atoms with Crippen molar-refractivity contribution in [3.8, 4) is 0 Å². The molecule has 0 saturated heterocycles. The van der Waals surface area contributed by atoms with Crippen LogP contribution in [0.15, 0.2) is 48.5 Å². The fourth-order valence-electron chi connectivity index (χ4n) is 2.83. The number of nitro groups is 1. The van der Waals surface area contributed by atoms with Gasteiger partial charge in [-0.2, -0.15) is 0 Å². The molecule has 0 radical (unpaired) electrons. The topological polar surface area (TPSA) is 68.1 Å². The zero-order valence-corrected chi connectivity index (χ0v) is 14.6. The molecule has 3 aromatic rings. The maximum Gasteiger partial charge on any atom is 0.269 e. The maximum atomic E-state index is 10.7. The summed E-state index contributed by atoms with van der Waals surface area (Å²) >= 11 is 6.18. The minimum atomic E-state index is -0.390. The minimum absolute atomic E-state index is 0.107. The van der Waals surface area contributed by atoms with Crippen LogP contribution in [0.1, 0.15) is 18.1 Å². The standard InChI is InChI=1S/C19H18ClN3O2/c1-2-14-4-3-5-16-17(12-18(20)22-19(14)16)21-11-10-13-6-8-15(9-7-13)23(24)25/h3-9,12H,2,10-11H2,1H3,(H,21,22). The third-order valence-corrected chi connectivity index (χ3v) is 4.34. The molecular formula is C19H18ClN3O2. The molecule has 2 aromatic carbocycles. The summed E-state index contributed by atoms with van der Waals surface area (Å²) < 4.78 is 0. The maximum absolute atomic E-state index is 10.7. The Bertz CT molecular complexity index is 910. The lowest BCUT2D eigenvalue weighted by molar-refractivity contribution is -0.384. The van der Waals surface area contributed by atoms with Crippen molar-refractivity contribution in [2.45, 2.75) is 19.8 Å². The van der Waals surface area contributed by atoms with Crippen molar-refractivity contribution in [1.29, 1.82) is 0 Å². The van der Waals surface area contributed by atoms with Crippen molar-refractivity contribution in [3.63, 3.8) is 0 Å². The molecule has 1 N–H and O–H groups in total. The molecule has 0 saturated carbocycles. The first-order chi connectivity index (χ1) is 12.1. The third kappa shape index (κ3) is 3.88. The molecule has 0 aliphatic rings. The number of aryl methyl sites for hydroxylation is 1. The number of hydrogen-bond acceptors (Lipinski definition) is 4. The number of halogens is 1. The van der Waals surface area contributed by atoms with Gasteiger partial charge in [-0.1, -0.05) is 48.9 Å². The summed E-state index contributed by atoms with van der Waals surface area (Å²) in [5, 5.41) is 15.6. The van der Waals surface area contributed by atoms with Gasteiger partial charge in [0.1, 0.15) is 5.15 Å². The van der Waals surface area contributed by atoms with Gasteiger partial charge in [-0.25, -0.2) is 4.98 Å². The molecule has 0 aliphatic carbocycles. The van der Waals surface area contributed by atoms with Gasteiger partial charge in [0.05, 0.1) is 10.4 Å². The summed E-state index contributed by atoms with van der Waals surface area (Å²) in [7, 11) is 0. The van der Waals surface area contributed by atoms with E-state index in [-0.39, 0.29) is 5.69 Å². The van der Waals surface area contributed by atoms with E-state index in [9.17, 15) is 10.1 Å². The van der Waals surface area contributed by atoms with E-state index in [2.05, 4.69) is 23.3 Å². The van der Waals surface area contributed by atoms with Gasteiger partial charge >= 0.3 is 0 Å². The number of aromatic nitrogens is 1. The molecular weight excluding hydrogens is 338 g/mol. The van der Waals surface area contributed by atoms with Crippen molar-refractivity contribution in [3.05, 3.63) is 74.9 Å². The largest absolute Gasteiger partial charge is 0.384 e. The van der Waals surface area contributed by atoms with Crippen LogP contribution in [0.4, 0.5) is 11.4 Å². The lowest BCUT2D eigenvalue weighted by Gasteiger charge is -2.12. The molecule has 0 aliphatic heterocycles. The molecule has 6 heteroatoms. The molecule has 0 spiro atoms. The van der Waals surface area contributed by atoms with Gasteiger partial charge in [-0.15, -0.1) is 0 Å². The summed E-state index contributed by atoms with van der Waals surface area (Å²) in [5.41, 5.74) is 4.19. The van der Waals surface area contributed by atoms with Crippen LogP contribution in [-0.4, -0.2) is 16.5 Å². The van der Waals surface area contributed by atoms with Crippen molar-refractivity contribution >= 4 is 33.9 Å². The molecule has 1 heterocycles. The third-order valence-electron chi connectivity index (χ3n) is 4.15. The Kier molecular flexibility index (Phi) is 5.14. The first-order valence-electron chi connectivity index (χ1n) is 8.14. The van der Waals surface area contributed by atoms with E-state index < -0.39 is 4.92 Å². The second-order valence-electron chi connectivity index (χ2n) is 5.76. The molecule has 3 rings (SSSR count). The quantitative estimate of drug-likeness (QED) is 0.383. The van der Waals surface area contributed by atoms with Crippen LogP contribution in [-0.2, 0) is 12.8 Å². The second-order valence-corrected chi connectivity index (χ2v) is 6.15. The number of nitro benzene ring substituents is 1. The van der Waals surface area contributed by atoms with E-state index in [1.165, 1.54) is 17.7 Å². The van der Waals surface area contributed by atoms with Crippen LogP contribution in [0.5, 0.6) is 0 Å². The molecule has 0 atom stereocenters. The SMILES string of the molecule is CCc1cccc2c(NCCc3ccc([N+](=O)[O-])cc3)cc(Cl)nc12. The minimum Gasteiger partial charge on any atom is -0.384 e. The summed E-state index contributed by atoms with van der Waals surface area (Å²) in [4.78, 5) is 14.8. The normalized spacial score (nSPS) is 10.8. The van der Waals surface area contributed by atoms with E-state index >= 15 is 0 Å². The number of anilines is 1. The fourth-order valence-corrected chi connectivity index (χ4v) is 3.03. The Morgan fingerprint density at radius 1 is 1.20 bits per heavy atom. The van der Waals surface area contributed by atoms with Crippen molar-refractivity contribution in [2.75, 3.05) is 11.9 Å². The number of fused-ring (bicyclic) bond motifs is 1. The number of benzene rings is 2. The number of nitrogens with zero attached hydrogens (tertiary/aromatic N) is 2. The zero-order chi connectivity index (χ0) is 17.8. The van der Waals surface area contributed by atoms with Gasteiger partial charge in [0, 0.05) is 29.8 Å². The van der Waals surface area contributed by atoms with Crippen LogP contribution in [0.2, 0.25) is 5.15 Å². The summed E-state index contributed by atoms with van der Waals surface area (Å²) in [6.45, 7) is 2.79. The lowest BCUT2D eigenvalue weighted by atomic mass is 10.1. The number of rotatable bonds is 6. The van der Waals surface area contributed by atoms with Gasteiger partial charge in [-0.05, 0) is 30.0 Å². The van der Waals surface area contributed by atoms with Crippen LogP contribution < -0.4 is 5.32 Å². The van der Waals surface area contributed by atoms with Crippen LogP contribution in [0.25, 0.3) is 10.9 Å². The van der Waals surface area contributed by atoms with E-state index in [1.54, 1.807) is 12.1 Å². The smallest absolute Gasteiger partial charge is 0.269 e. The Morgan fingerprint density at radius 3 is 2.64 bits per heavy atom. The first-order valence-corrected chi connectivity index (χ1v) is 8.51. The molecule has 0 amide bonds. The molecule has 5 nitrogen and oxygen atoms in total. The molecule has 0 fully saturated rings. The molecule has 25 heavy (non-hydrogen) atoms. The highest BCUT2D eigenvalue weighted by molar-refractivity contribution is 6.30. The summed E-state index contributed by atoms with van der Waals surface area (Å²) in [5.74, 6) is 0. The molecule has 0 unspecified atom stereocenters. The van der Waals surface area contributed by atoms with Crippen molar-refractivity contribution in [2.24, 2.45) is 0 Å². The summed E-state index contributed by atoms with van der Waals surface area (Å²) in [6.07, 6.45) is 1.65. The van der Waals surface area contributed by atoms with Crippen molar-refractivity contribution < 1.29 is 4.92 Å². The highest BCUT2D eigenvalue weighted by Gasteiger charge is 2.08. The van der Waals surface area contributed by atoms with Gasteiger partial charge in [0.15, 0.2) is 0 Å². The van der Waals surface area contributed by atoms with Crippen LogP contribution in [0, 0.1) is 10.1 Å². The second kappa shape index (κ2) is 7.49. The first kappa shape index (κ1) is 17.2. The van der Waals surface area contributed by atoms with Crippen LogP contribution >= 0.6 is 11.6 Å². The van der Waals surface area contributed by atoms with E-state index in [0.29, 0.717) is 11.7 Å². The average molecular weight is 356 g/mol. The predicted molar refractivity (Wildman–Crippen MR) is 101 cm³/mol.